The zero-order chi connectivity index (χ0) is 13.1. The van der Waals surface area contributed by atoms with Gasteiger partial charge in [-0.1, -0.05) is 6.92 Å². The summed E-state index contributed by atoms with van der Waals surface area (Å²) in [6, 6.07) is 3.90. The van der Waals surface area contributed by atoms with Crippen molar-refractivity contribution in [3.05, 3.63) is 24.2 Å². The fraction of sp³-hybridized carbons (Fsp3) is 0.538. The maximum Gasteiger partial charge on any atom is 0.160 e. The van der Waals surface area contributed by atoms with Gasteiger partial charge in [0.05, 0.1) is 5.38 Å². The van der Waals surface area contributed by atoms with Crippen molar-refractivity contribution in [2.24, 2.45) is 0 Å². The summed E-state index contributed by atoms with van der Waals surface area (Å²) in [5.74, 6) is 0.915. The maximum atomic E-state index is 6.21. The fourth-order valence-corrected chi connectivity index (χ4v) is 2.44. The minimum absolute atomic E-state index is 0.0937. The predicted octanol–water partition coefficient (Wildman–Crippen LogP) is 3.87. The first-order chi connectivity index (χ1) is 8.63. The van der Waals surface area contributed by atoms with Gasteiger partial charge in [0.2, 0.25) is 0 Å². The Kier molecular flexibility index (Phi) is 4.51. The number of rotatable bonds is 5. The molecular weight excluding hydrogens is 266 g/mol. The molecule has 3 nitrogen and oxygen atoms in total. The number of imidazole rings is 1. The summed E-state index contributed by atoms with van der Waals surface area (Å²) in [7, 11) is 0. The minimum atomic E-state index is -0.0937. The first kappa shape index (κ1) is 13.7. The lowest BCUT2D eigenvalue weighted by atomic mass is 10.3. The lowest BCUT2D eigenvalue weighted by molar-refractivity contribution is 0.620. The van der Waals surface area contributed by atoms with E-state index in [1.54, 1.807) is 6.20 Å². The number of thioether (sulfide) groups is 1. The third kappa shape index (κ3) is 2.81. The SMILES string of the molecule is CSC(C)CCn1c(C(C)Cl)nc2cccnc21. The van der Waals surface area contributed by atoms with Gasteiger partial charge in [0.15, 0.2) is 5.65 Å². The van der Waals surface area contributed by atoms with Gasteiger partial charge in [-0.05, 0) is 31.7 Å². The van der Waals surface area contributed by atoms with Crippen LogP contribution >= 0.6 is 23.4 Å². The van der Waals surface area contributed by atoms with E-state index in [9.17, 15) is 0 Å². The van der Waals surface area contributed by atoms with Crippen molar-refractivity contribution in [2.45, 2.75) is 37.4 Å². The molecule has 0 aromatic carbocycles. The molecule has 0 amide bonds. The van der Waals surface area contributed by atoms with Crippen molar-refractivity contribution in [1.82, 2.24) is 14.5 Å². The highest BCUT2D eigenvalue weighted by atomic mass is 35.5. The van der Waals surface area contributed by atoms with E-state index in [1.165, 1.54) is 0 Å². The molecule has 0 bridgehead atoms. The predicted molar refractivity (Wildman–Crippen MR) is 79.4 cm³/mol. The Morgan fingerprint density at radius 2 is 2.22 bits per heavy atom. The Morgan fingerprint density at radius 1 is 1.44 bits per heavy atom. The zero-order valence-electron chi connectivity index (χ0n) is 10.9. The Bertz CT molecular complexity index is 524. The van der Waals surface area contributed by atoms with E-state index in [1.807, 2.05) is 30.8 Å². The van der Waals surface area contributed by atoms with Crippen LogP contribution in [0.3, 0.4) is 0 Å². The molecule has 18 heavy (non-hydrogen) atoms. The average molecular weight is 284 g/mol. The molecule has 5 heteroatoms. The summed E-state index contributed by atoms with van der Waals surface area (Å²) in [6.07, 6.45) is 5.04. The number of aromatic nitrogens is 3. The van der Waals surface area contributed by atoms with Gasteiger partial charge in [0.25, 0.3) is 0 Å². The maximum absolute atomic E-state index is 6.21. The molecule has 0 N–H and O–H groups in total. The van der Waals surface area contributed by atoms with Crippen LogP contribution in [-0.4, -0.2) is 26.0 Å². The normalized spacial score (nSPS) is 14.9. The molecule has 98 valence electrons. The Morgan fingerprint density at radius 3 is 2.89 bits per heavy atom. The summed E-state index contributed by atoms with van der Waals surface area (Å²) < 4.78 is 2.15. The largest absolute Gasteiger partial charge is 0.311 e. The molecule has 0 spiro atoms. The summed E-state index contributed by atoms with van der Waals surface area (Å²) in [6.45, 7) is 5.11. The van der Waals surface area contributed by atoms with Gasteiger partial charge >= 0.3 is 0 Å². The molecule has 2 aromatic heterocycles. The van der Waals surface area contributed by atoms with Crippen LogP contribution in [0.2, 0.25) is 0 Å². The molecule has 2 rings (SSSR count). The Balaban J connectivity index is 2.36. The van der Waals surface area contributed by atoms with Crippen LogP contribution in [0.5, 0.6) is 0 Å². The fourth-order valence-electron chi connectivity index (χ4n) is 1.93. The van der Waals surface area contributed by atoms with Crippen LogP contribution < -0.4 is 0 Å². The van der Waals surface area contributed by atoms with Gasteiger partial charge < -0.3 is 4.57 Å². The molecule has 0 aliphatic rings. The third-order valence-corrected chi connectivity index (χ3v) is 4.29. The van der Waals surface area contributed by atoms with Gasteiger partial charge in [-0.2, -0.15) is 11.8 Å². The van der Waals surface area contributed by atoms with Crippen LogP contribution in [0, 0.1) is 0 Å². The average Bonchev–Trinajstić information content (AvgIpc) is 2.75. The van der Waals surface area contributed by atoms with Crippen molar-refractivity contribution in [3.8, 4) is 0 Å². The minimum Gasteiger partial charge on any atom is -0.311 e. The van der Waals surface area contributed by atoms with Crippen LogP contribution in [0.25, 0.3) is 11.2 Å². The van der Waals surface area contributed by atoms with Gasteiger partial charge in [0.1, 0.15) is 11.3 Å². The summed E-state index contributed by atoms with van der Waals surface area (Å²) in [5.41, 5.74) is 1.87. The molecule has 2 heterocycles. The molecule has 2 aromatic rings. The van der Waals surface area contributed by atoms with Crippen molar-refractivity contribution >= 4 is 34.5 Å². The van der Waals surface area contributed by atoms with E-state index >= 15 is 0 Å². The number of nitrogens with zero attached hydrogens (tertiary/aromatic N) is 3. The van der Waals surface area contributed by atoms with E-state index in [0.29, 0.717) is 5.25 Å². The van der Waals surface area contributed by atoms with E-state index < -0.39 is 0 Å². The summed E-state index contributed by atoms with van der Waals surface area (Å²) >= 11 is 8.09. The smallest absolute Gasteiger partial charge is 0.160 e. The second-order valence-corrected chi connectivity index (χ2v) is 6.35. The highest BCUT2D eigenvalue weighted by molar-refractivity contribution is 7.99. The molecular formula is C13H18ClN3S. The number of halogens is 1. The van der Waals surface area contributed by atoms with Crippen LogP contribution in [0.4, 0.5) is 0 Å². The molecule has 0 saturated carbocycles. The van der Waals surface area contributed by atoms with Crippen LogP contribution in [-0.2, 0) is 6.54 Å². The van der Waals surface area contributed by atoms with Crippen molar-refractivity contribution in [3.63, 3.8) is 0 Å². The van der Waals surface area contributed by atoms with E-state index in [2.05, 4.69) is 27.7 Å². The molecule has 2 atom stereocenters. The van der Waals surface area contributed by atoms with Gasteiger partial charge in [0, 0.05) is 18.0 Å². The molecule has 0 aliphatic heterocycles. The number of aryl methyl sites for hydroxylation is 1. The third-order valence-electron chi connectivity index (χ3n) is 3.05. The first-order valence-electron chi connectivity index (χ1n) is 6.11. The quantitative estimate of drug-likeness (QED) is 0.781. The number of hydrogen-bond acceptors (Lipinski definition) is 3. The van der Waals surface area contributed by atoms with E-state index in [-0.39, 0.29) is 5.38 Å². The molecule has 0 fully saturated rings. The topological polar surface area (TPSA) is 30.7 Å². The van der Waals surface area contributed by atoms with E-state index in [4.69, 9.17) is 11.6 Å². The van der Waals surface area contributed by atoms with E-state index in [0.717, 1.165) is 30.0 Å². The lowest BCUT2D eigenvalue weighted by Crippen LogP contribution is -2.09. The second kappa shape index (κ2) is 5.93. The zero-order valence-corrected chi connectivity index (χ0v) is 12.5. The van der Waals surface area contributed by atoms with Crippen molar-refractivity contribution < 1.29 is 0 Å². The summed E-state index contributed by atoms with van der Waals surface area (Å²) in [4.78, 5) is 9.00. The second-order valence-electron chi connectivity index (χ2n) is 4.42. The monoisotopic (exact) mass is 283 g/mol. The van der Waals surface area contributed by atoms with Crippen molar-refractivity contribution in [2.75, 3.05) is 6.26 Å². The molecule has 0 radical (unpaired) electrons. The Hall–Kier alpha value is -0.740. The Labute approximate surface area is 117 Å². The highest BCUT2D eigenvalue weighted by Crippen LogP contribution is 2.24. The standard InChI is InChI=1S/C13H18ClN3S/c1-9(18-3)6-8-17-12(10(2)14)16-11-5-4-7-15-13(11)17/h4-5,7,9-10H,6,8H2,1-3H3. The van der Waals surface area contributed by atoms with Gasteiger partial charge in [-0.3, -0.25) is 0 Å². The van der Waals surface area contributed by atoms with Crippen LogP contribution in [0.15, 0.2) is 18.3 Å². The van der Waals surface area contributed by atoms with Gasteiger partial charge in [-0.25, -0.2) is 9.97 Å². The van der Waals surface area contributed by atoms with Crippen LogP contribution in [0.1, 0.15) is 31.5 Å². The lowest BCUT2D eigenvalue weighted by Gasteiger charge is -2.12. The number of fused-ring (bicyclic) bond motifs is 1. The van der Waals surface area contributed by atoms with Crippen molar-refractivity contribution in [1.29, 1.82) is 0 Å². The number of alkyl halides is 1. The molecule has 0 saturated heterocycles. The first-order valence-corrected chi connectivity index (χ1v) is 7.84. The number of hydrogen-bond donors (Lipinski definition) is 0. The highest BCUT2D eigenvalue weighted by Gasteiger charge is 2.15. The summed E-state index contributed by atoms with van der Waals surface area (Å²) in [5, 5.41) is 0.536. The molecule has 2 unspecified atom stereocenters. The molecule has 0 aliphatic carbocycles. The van der Waals surface area contributed by atoms with Gasteiger partial charge in [-0.15, -0.1) is 11.6 Å². The number of pyridine rings is 1.